The number of benzene rings is 3. The summed E-state index contributed by atoms with van der Waals surface area (Å²) in [5, 5.41) is 5.96. The van der Waals surface area contributed by atoms with Crippen LogP contribution in [0.3, 0.4) is 0 Å². The van der Waals surface area contributed by atoms with Gasteiger partial charge >= 0.3 is 0 Å². The third kappa shape index (κ3) is 5.89. The number of carbonyl (C=O) groups is 3. The average Bonchev–Trinajstić information content (AvgIpc) is 3.30. The summed E-state index contributed by atoms with van der Waals surface area (Å²) in [5.41, 5.74) is 5.15. The van der Waals surface area contributed by atoms with Crippen molar-refractivity contribution in [2.45, 2.75) is 57.5 Å². The quantitative estimate of drug-likeness (QED) is 0.414. The molecule has 3 aromatic rings. The van der Waals surface area contributed by atoms with Crippen LogP contribution in [-0.4, -0.2) is 65.3 Å². The molecule has 3 aliphatic rings. The van der Waals surface area contributed by atoms with E-state index in [9.17, 15) is 14.4 Å². The molecule has 41 heavy (non-hydrogen) atoms. The highest BCUT2D eigenvalue weighted by Crippen LogP contribution is 2.31. The van der Waals surface area contributed by atoms with E-state index in [4.69, 9.17) is 4.74 Å². The largest absolute Gasteiger partial charge is 0.487 e. The Hall–Kier alpha value is -4.01. The van der Waals surface area contributed by atoms with Crippen molar-refractivity contribution in [3.8, 4) is 16.9 Å². The van der Waals surface area contributed by atoms with Gasteiger partial charge in [-0.05, 0) is 65.9 Å². The van der Waals surface area contributed by atoms with E-state index in [-0.39, 0.29) is 30.4 Å². The van der Waals surface area contributed by atoms with Crippen molar-refractivity contribution in [2.75, 3.05) is 19.6 Å². The molecule has 3 aromatic carbocycles. The summed E-state index contributed by atoms with van der Waals surface area (Å²) in [6.07, 6.45) is 1.52. The van der Waals surface area contributed by atoms with E-state index in [1.54, 1.807) is 11.0 Å². The van der Waals surface area contributed by atoms with Crippen molar-refractivity contribution in [3.05, 3.63) is 89.5 Å². The lowest BCUT2D eigenvalue weighted by Gasteiger charge is -2.39. The lowest BCUT2D eigenvalue weighted by molar-refractivity contribution is -0.136. The van der Waals surface area contributed by atoms with E-state index >= 15 is 0 Å². The van der Waals surface area contributed by atoms with Gasteiger partial charge in [-0.1, -0.05) is 55.5 Å². The van der Waals surface area contributed by atoms with Crippen molar-refractivity contribution in [2.24, 2.45) is 0 Å². The van der Waals surface area contributed by atoms with Crippen molar-refractivity contribution in [3.63, 3.8) is 0 Å². The maximum atomic E-state index is 13.1. The number of amides is 3. The van der Waals surface area contributed by atoms with Crippen molar-refractivity contribution >= 4 is 17.7 Å². The first kappa shape index (κ1) is 27.2. The van der Waals surface area contributed by atoms with Gasteiger partial charge in [0.05, 0.1) is 0 Å². The summed E-state index contributed by atoms with van der Waals surface area (Å²) in [6, 6.07) is 24.4. The van der Waals surface area contributed by atoms with E-state index in [1.807, 2.05) is 18.2 Å². The van der Waals surface area contributed by atoms with Gasteiger partial charge in [0, 0.05) is 44.2 Å². The number of piperidine rings is 2. The van der Waals surface area contributed by atoms with E-state index in [2.05, 4.69) is 71.0 Å². The number of likely N-dealkylation sites (tertiary alicyclic amines) is 1. The number of likely N-dealkylation sites (N-methyl/N-ethyl adjacent to an activating group) is 1. The summed E-state index contributed by atoms with van der Waals surface area (Å²) in [6.45, 7) is 5.92. The van der Waals surface area contributed by atoms with Gasteiger partial charge in [0.2, 0.25) is 11.8 Å². The van der Waals surface area contributed by atoms with Crippen LogP contribution in [0.1, 0.15) is 47.7 Å². The van der Waals surface area contributed by atoms with Crippen LogP contribution in [0.15, 0.2) is 72.8 Å². The Morgan fingerprint density at radius 2 is 1.78 bits per heavy atom. The minimum absolute atomic E-state index is 0.0533. The van der Waals surface area contributed by atoms with Gasteiger partial charge in [-0.15, -0.1) is 0 Å². The molecule has 2 N–H and O–H groups in total. The number of imide groups is 1. The second kappa shape index (κ2) is 11.8. The van der Waals surface area contributed by atoms with Gasteiger partial charge in [-0.3, -0.25) is 24.6 Å². The zero-order valence-electron chi connectivity index (χ0n) is 23.3. The van der Waals surface area contributed by atoms with Crippen LogP contribution >= 0.6 is 0 Å². The van der Waals surface area contributed by atoms with E-state index in [0.717, 1.165) is 43.9 Å². The summed E-state index contributed by atoms with van der Waals surface area (Å²) < 4.78 is 6.60. The maximum Gasteiger partial charge on any atom is 0.255 e. The molecule has 3 atom stereocenters. The number of nitrogens with zero attached hydrogens (tertiary/aromatic N) is 2. The molecule has 6 rings (SSSR count). The molecule has 0 bridgehead atoms. The third-order valence-corrected chi connectivity index (χ3v) is 8.33. The molecule has 3 aliphatic heterocycles. The van der Waals surface area contributed by atoms with E-state index < -0.39 is 11.9 Å². The van der Waals surface area contributed by atoms with Gasteiger partial charge in [0.1, 0.15) is 17.9 Å². The van der Waals surface area contributed by atoms with Gasteiger partial charge < -0.3 is 15.0 Å². The Morgan fingerprint density at radius 1 is 0.951 bits per heavy atom. The highest BCUT2D eigenvalue weighted by Gasteiger charge is 2.39. The Labute approximate surface area is 240 Å². The number of ether oxygens (including phenoxy) is 1. The molecular weight excluding hydrogens is 516 g/mol. The molecule has 0 saturated carbocycles. The first-order chi connectivity index (χ1) is 20.0. The lowest BCUT2D eigenvalue weighted by atomic mass is 9.99. The molecule has 0 aromatic heterocycles. The number of hydrogen-bond acceptors (Lipinski definition) is 6. The highest BCUT2D eigenvalue weighted by atomic mass is 16.5. The molecule has 0 spiro atoms. The number of carbonyl (C=O) groups excluding carboxylic acids is 3. The molecular formula is C33H36N4O4. The van der Waals surface area contributed by atoms with Crippen LogP contribution in [0.4, 0.5) is 0 Å². The first-order valence-electron chi connectivity index (χ1n) is 14.5. The van der Waals surface area contributed by atoms with E-state index in [1.165, 1.54) is 16.7 Å². The normalized spacial score (nSPS) is 22.9. The molecule has 1 unspecified atom stereocenters. The molecule has 0 radical (unpaired) electrons. The predicted molar refractivity (Wildman–Crippen MR) is 156 cm³/mol. The molecule has 2 saturated heterocycles. The monoisotopic (exact) mass is 552 g/mol. The van der Waals surface area contributed by atoms with Crippen LogP contribution in [0.25, 0.3) is 11.1 Å². The highest BCUT2D eigenvalue weighted by molar-refractivity contribution is 6.05. The van der Waals surface area contributed by atoms with Crippen LogP contribution in [-0.2, 0) is 22.7 Å². The summed E-state index contributed by atoms with van der Waals surface area (Å²) in [7, 11) is 0. The van der Waals surface area contributed by atoms with Crippen LogP contribution in [0.2, 0.25) is 0 Å². The molecule has 3 heterocycles. The van der Waals surface area contributed by atoms with Crippen molar-refractivity contribution < 1.29 is 19.1 Å². The number of fused-ring (bicyclic) bond motifs is 1. The minimum atomic E-state index is -0.623. The molecule has 0 aliphatic carbocycles. The minimum Gasteiger partial charge on any atom is -0.487 e. The van der Waals surface area contributed by atoms with Crippen LogP contribution < -0.4 is 15.4 Å². The fraction of sp³-hybridized carbons (Fsp3) is 0.364. The zero-order chi connectivity index (χ0) is 28.3. The van der Waals surface area contributed by atoms with Gasteiger partial charge in [0.15, 0.2) is 0 Å². The summed E-state index contributed by atoms with van der Waals surface area (Å²) >= 11 is 0. The van der Waals surface area contributed by atoms with Crippen molar-refractivity contribution in [1.82, 2.24) is 20.4 Å². The fourth-order valence-corrected chi connectivity index (χ4v) is 6.28. The van der Waals surface area contributed by atoms with E-state index in [0.29, 0.717) is 18.5 Å². The number of rotatable bonds is 8. The standard InChI is InChI=1S/C33H36N4O4/c1-2-34-28-15-16-36(19-22-7-6-10-24(17-22)23-8-4-3-5-9-23)21-30(28)41-26-11-12-27-25(18-26)20-37(33(27)40)29-13-14-31(38)35-32(29)39/h3-12,17-18,28-30,34H,2,13-16,19-21H2,1H3,(H,35,38,39)/t28-,29?,30-/m0/s1. The van der Waals surface area contributed by atoms with Gasteiger partial charge in [-0.25, -0.2) is 0 Å². The third-order valence-electron chi connectivity index (χ3n) is 8.33. The van der Waals surface area contributed by atoms with Crippen LogP contribution in [0.5, 0.6) is 5.75 Å². The summed E-state index contributed by atoms with van der Waals surface area (Å²) in [4.78, 5) is 41.1. The Morgan fingerprint density at radius 3 is 2.59 bits per heavy atom. The summed E-state index contributed by atoms with van der Waals surface area (Å²) in [5.74, 6) is -0.133. The Balaban J connectivity index is 1.14. The zero-order valence-corrected chi connectivity index (χ0v) is 23.3. The van der Waals surface area contributed by atoms with Gasteiger partial charge in [-0.2, -0.15) is 0 Å². The average molecular weight is 553 g/mol. The Bertz CT molecular complexity index is 1440. The SMILES string of the molecule is CCN[C@H]1CCN(Cc2cccc(-c3ccccc3)c2)C[C@@H]1Oc1ccc2c(c1)CN(C1CCC(=O)NC1=O)C2=O. The Kier molecular flexibility index (Phi) is 7.85. The van der Waals surface area contributed by atoms with Crippen LogP contribution in [0, 0.1) is 0 Å². The predicted octanol–water partition coefficient (Wildman–Crippen LogP) is 3.75. The molecule has 212 valence electrons. The second-order valence-corrected chi connectivity index (χ2v) is 11.1. The first-order valence-corrected chi connectivity index (χ1v) is 14.5. The van der Waals surface area contributed by atoms with Crippen molar-refractivity contribution in [1.29, 1.82) is 0 Å². The molecule has 3 amide bonds. The van der Waals surface area contributed by atoms with Gasteiger partial charge in [0.25, 0.3) is 5.91 Å². The number of hydrogen-bond donors (Lipinski definition) is 2. The molecule has 8 nitrogen and oxygen atoms in total. The fourth-order valence-electron chi connectivity index (χ4n) is 6.28. The lowest BCUT2D eigenvalue weighted by Crippen LogP contribution is -2.54. The maximum absolute atomic E-state index is 13.1. The number of nitrogens with one attached hydrogen (secondary N) is 2. The second-order valence-electron chi connectivity index (χ2n) is 11.1. The topological polar surface area (TPSA) is 91.0 Å². The molecule has 2 fully saturated rings. The molecule has 8 heteroatoms. The smallest absolute Gasteiger partial charge is 0.255 e.